The van der Waals surface area contributed by atoms with Gasteiger partial charge in [-0.05, 0) is 18.1 Å². The topological polar surface area (TPSA) is 70.2 Å². The number of amides is 1. The van der Waals surface area contributed by atoms with Crippen LogP contribution < -0.4 is 0 Å². The molecule has 26 heavy (non-hydrogen) atoms. The van der Waals surface area contributed by atoms with Gasteiger partial charge in [-0.25, -0.2) is 4.39 Å². The number of carbonyl (C=O) groups excluding carboxylic acids is 1. The van der Waals surface area contributed by atoms with E-state index in [0.717, 1.165) is 4.31 Å². The normalized spacial score (nSPS) is 20.8. The predicted octanol–water partition coefficient (Wildman–Crippen LogP) is 0.335. The molecule has 0 unspecified atom stereocenters. The van der Waals surface area contributed by atoms with E-state index in [0.29, 0.717) is 31.9 Å². The van der Waals surface area contributed by atoms with Crippen molar-refractivity contribution in [3.05, 3.63) is 35.6 Å². The summed E-state index contributed by atoms with van der Waals surface area (Å²) < 4.78 is 46.5. The van der Waals surface area contributed by atoms with Crippen molar-refractivity contribution < 1.29 is 22.3 Å². The molecule has 2 aliphatic rings. The molecule has 0 radical (unpaired) electrons. The molecule has 3 rings (SSSR count). The molecule has 0 aromatic heterocycles. The largest absolute Gasteiger partial charge is 0.378 e. The summed E-state index contributed by atoms with van der Waals surface area (Å²) in [6, 6.07) is 6.32. The second-order valence-corrected chi connectivity index (χ2v) is 9.15. The monoisotopic (exact) mass is 385 g/mol. The first-order valence-electron chi connectivity index (χ1n) is 8.54. The van der Waals surface area contributed by atoms with E-state index in [-0.39, 0.29) is 31.2 Å². The Morgan fingerprint density at radius 2 is 1.85 bits per heavy atom. The summed E-state index contributed by atoms with van der Waals surface area (Å²) in [5.41, 5.74) is -0.515. The van der Waals surface area contributed by atoms with Crippen LogP contribution in [0.1, 0.15) is 5.56 Å². The minimum Gasteiger partial charge on any atom is -0.378 e. The zero-order valence-corrected chi connectivity index (χ0v) is 15.8. The molecule has 1 amide bonds. The number of morpholine rings is 1. The van der Waals surface area contributed by atoms with Crippen LogP contribution in [0.2, 0.25) is 0 Å². The number of hydrogen-bond donors (Lipinski definition) is 0. The smallest absolute Gasteiger partial charge is 0.281 e. The van der Waals surface area contributed by atoms with Crippen molar-refractivity contribution in [3.8, 4) is 0 Å². The minimum absolute atomic E-state index is 0.0536. The van der Waals surface area contributed by atoms with Gasteiger partial charge in [0.25, 0.3) is 10.2 Å². The molecule has 7 nitrogen and oxygen atoms in total. The molecule has 0 spiro atoms. The fourth-order valence-electron chi connectivity index (χ4n) is 3.45. The van der Waals surface area contributed by atoms with E-state index in [2.05, 4.69) is 0 Å². The fourth-order valence-corrected chi connectivity index (χ4v) is 4.74. The van der Waals surface area contributed by atoms with Crippen LogP contribution in [0, 0.1) is 11.2 Å². The highest BCUT2D eigenvalue weighted by molar-refractivity contribution is 7.86. The molecule has 0 bridgehead atoms. The lowest BCUT2D eigenvalue weighted by atomic mass is 9.74. The number of benzene rings is 1. The summed E-state index contributed by atoms with van der Waals surface area (Å²) in [5.74, 6) is -0.509. The van der Waals surface area contributed by atoms with Gasteiger partial charge in [-0.3, -0.25) is 4.79 Å². The van der Waals surface area contributed by atoms with Crippen molar-refractivity contribution in [1.82, 2.24) is 13.5 Å². The van der Waals surface area contributed by atoms with Crippen molar-refractivity contribution in [2.24, 2.45) is 5.41 Å². The predicted molar refractivity (Wildman–Crippen MR) is 94.1 cm³/mol. The van der Waals surface area contributed by atoms with Crippen LogP contribution in [0.3, 0.4) is 0 Å². The Balaban J connectivity index is 1.86. The first kappa shape index (κ1) is 19.2. The Hall–Kier alpha value is -1.55. The molecule has 2 heterocycles. The van der Waals surface area contributed by atoms with Crippen LogP contribution in [0.15, 0.2) is 24.3 Å². The maximum absolute atomic E-state index is 14.2. The van der Waals surface area contributed by atoms with Gasteiger partial charge in [0.2, 0.25) is 5.91 Å². The van der Waals surface area contributed by atoms with E-state index in [1.54, 1.807) is 23.1 Å². The molecule has 2 saturated heterocycles. The lowest BCUT2D eigenvalue weighted by Gasteiger charge is -2.50. The summed E-state index contributed by atoms with van der Waals surface area (Å²) in [5, 5.41) is 0. The summed E-state index contributed by atoms with van der Waals surface area (Å²) >= 11 is 0. The van der Waals surface area contributed by atoms with Crippen molar-refractivity contribution in [2.75, 3.05) is 53.5 Å². The number of nitrogens with zero attached hydrogens (tertiary/aromatic N) is 3. The Bertz CT molecular complexity index is 772. The van der Waals surface area contributed by atoms with Gasteiger partial charge in [0.05, 0.1) is 18.6 Å². The standard InChI is InChI=1S/C17H24FN3O4S/c1-19(2)26(23,24)21-12-17(13-21,11-14-5-3-4-6-15(14)18)16(22)20-7-9-25-10-8-20/h3-6H,7-13H2,1-2H3. The van der Waals surface area contributed by atoms with E-state index < -0.39 is 15.6 Å². The van der Waals surface area contributed by atoms with Crippen LogP contribution in [0.5, 0.6) is 0 Å². The Kier molecular flexibility index (Phi) is 5.34. The highest BCUT2D eigenvalue weighted by Crippen LogP contribution is 2.39. The van der Waals surface area contributed by atoms with Crippen molar-refractivity contribution in [2.45, 2.75) is 6.42 Å². The molecule has 1 aromatic carbocycles. The van der Waals surface area contributed by atoms with Gasteiger partial charge in [0.1, 0.15) is 5.82 Å². The summed E-state index contributed by atoms with van der Waals surface area (Å²) in [6.45, 7) is 1.97. The van der Waals surface area contributed by atoms with Crippen molar-refractivity contribution in [1.29, 1.82) is 0 Å². The first-order valence-corrected chi connectivity index (χ1v) is 9.94. The van der Waals surface area contributed by atoms with Crippen LogP contribution in [0.4, 0.5) is 4.39 Å². The van der Waals surface area contributed by atoms with Crippen LogP contribution in [-0.2, 0) is 26.2 Å². The van der Waals surface area contributed by atoms with E-state index in [1.165, 1.54) is 24.5 Å². The van der Waals surface area contributed by atoms with Crippen LogP contribution in [0.25, 0.3) is 0 Å². The highest BCUT2D eigenvalue weighted by atomic mass is 32.2. The molecule has 144 valence electrons. The SMILES string of the molecule is CN(C)S(=O)(=O)N1CC(Cc2ccccc2F)(C(=O)N2CCOCC2)C1. The summed E-state index contributed by atoms with van der Waals surface area (Å²) in [7, 11) is -0.692. The zero-order valence-electron chi connectivity index (χ0n) is 15.0. The summed E-state index contributed by atoms with van der Waals surface area (Å²) in [4.78, 5) is 14.9. The third-order valence-electron chi connectivity index (χ3n) is 4.98. The number of rotatable bonds is 5. The number of hydrogen-bond acceptors (Lipinski definition) is 4. The van der Waals surface area contributed by atoms with E-state index in [9.17, 15) is 17.6 Å². The highest BCUT2D eigenvalue weighted by Gasteiger charge is 2.55. The van der Waals surface area contributed by atoms with E-state index >= 15 is 0 Å². The van der Waals surface area contributed by atoms with Crippen molar-refractivity contribution in [3.63, 3.8) is 0 Å². The fraction of sp³-hybridized carbons (Fsp3) is 0.588. The Morgan fingerprint density at radius 3 is 2.42 bits per heavy atom. The molecule has 2 fully saturated rings. The quantitative estimate of drug-likeness (QED) is 0.733. The lowest BCUT2D eigenvalue weighted by molar-refractivity contribution is -0.153. The van der Waals surface area contributed by atoms with Crippen LogP contribution in [-0.4, -0.2) is 81.3 Å². The number of carbonyl (C=O) groups is 1. The van der Waals surface area contributed by atoms with Gasteiger partial charge < -0.3 is 9.64 Å². The molecule has 0 aliphatic carbocycles. The third kappa shape index (κ3) is 3.48. The van der Waals surface area contributed by atoms with Gasteiger partial charge in [-0.15, -0.1) is 0 Å². The molecule has 0 N–H and O–H groups in total. The average Bonchev–Trinajstić information content (AvgIpc) is 2.59. The molecule has 0 atom stereocenters. The molecule has 2 aliphatic heterocycles. The van der Waals surface area contributed by atoms with Crippen molar-refractivity contribution >= 4 is 16.1 Å². The molecule has 9 heteroatoms. The lowest BCUT2D eigenvalue weighted by Crippen LogP contribution is -2.67. The van der Waals surface area contributed by atoms with E-state index in [4.69, 9.17) is 4.74 Å². The first-order chi connectivity index (χ1) is 12.3. The minimum atomic E-state index is -3.60. The third-order valence-corrected chi connectivity index (χ3v) is 6.82. The van der Waals surface area contributed by atoms with Gasteiger partial charge in [0.15, 0.2) is 0 Å². The van der Waals surface area contributed by atoms with Gasteiger partial charge in [-0.1, -0.05) is 18.2 Å². The zero-order chi connectivity index (χ0) is 18.9. The van der Waals surface area contributed by atoms with Crippen LogP contribution >= 0.6 is 0 Å². The Morgan fingerprint density at radius 1 is 1.23 bits per heavy atom. The van der Waals surface area contributed by atoms with Gasteiger partial charge in [0, 0.05) is 40.3 Å². The van der Waals surface area contributed by atoms with Gasteiger partial charge in [-0.2, -0.15) is 17.0 Å². The Labute approximate surface area is 153 Å². The maximum atomic E-state index is 14.2. The second-order valence-electron chi connectivity index (χ2n) is 7.01. The molecular weight excluding hydrogens is 361 g/mol. The maximum Gasteiger partial charge on any atom is 0.281 e. The van der Waals surface area contributed by atoms with Gasteiger partial charge >= 0.3 is 0 Å². The molecular formula is C17H24FN3O4S. The molecule has 0 saturated carbocycles. The number of ether oxygens (including phenoxy) is 1. The number of halogens is 1. The summed E-state index contributed by atoms with van der Waals surface area (Å²) in [6.07, 6.45) is 0.176. The van der Waals surface area contributed by atoms with E-state index in [1.807, 2.05) is 0 Å². The molecule has 1 aromatic rings. The average molecular weight is 385 g/mol. The second kappa shape index (κ2) is 7.22.